The number of rotatable bonds is 8. The molecular weight excluding hydrogens is 389 g/mol. The van der Waals surface area contributed by atoms with Crippen LogP contribution in [0.4, 0.5) is 13.2 Å². The molecule has 160 valence electrons. The van der Waals surface area contributed by atoms with Crippen molar-refractivity contribution in [3.63, 3.8) is 0 Å². The molecule has 0 spiro atoms. The van der Waals surface area contributed by atoms with Crippen molar-refractivity contribution in [3.05, 3.63) is 40.7 Å². The Morgan fingerprint density at radius 1 is 1.34 bits per heavy atom. The van der Waals surface area contributed by atoms with Crippen molar-refractivity contribution in [3.8, 4) is 0 Å². The lowest BCUT2D eigenvalue weighted by molar-refractivity contribution is -0.272. The summed E-state index contributed by atoms with van der Waals surface area (Å²) < 4.78 is 41.7. The van der Waals surface area contributed by atoms with Crippen LogP contribution in [0.15, 0.2) is 12.4 Å². The molecule has 1 amide bonds. The number of H-pyrrole nitrogens is 1. The van der Waals surface area contributed by atoms with Gasteiger partial charge in [0.15, 0.2) is 5.78 Å². The Hall–Kier alpha value is -2.62. The minimum absolute atomic E-state index is 0.155. The van der Waals surface area contributed by atoms with Gasteiger partial charge < -0.3 is 20.0 Å². The molecule has 0 saturated carbocycles. The molecule has 0 bridgehead atoms. The maximum atomic E-state index is 13.5. The third kappa shape index (κ3) is 4.36. The van der Waals surface area contributed by atoms with Gasteiger partial charge in [0.2, 0.25) is 5.60 Å². The van der Waals surface area contributed by atoms with Crippen molar-refractivity contribution in [1.29, 1.82) is 0 Å². The van der Waals surface area contributed by atoms with Gasteiger partial charge in [-0.15, -0.1) is 0 Å². The highest BCUT2D eigenvalue weighted by atomic mass is 19.4. The number of aliphatic hydroxyl groups is 1. The number of aromatic amines is 1. The van der Waals surface area contributed by atoms with Crippen LogP contribution in [0, 0.1) is 6.92 Å². The Bertz CT molecular complexity index is 901. The average Bonchev–Trinajstić information content (AvgIpc) is 3.17. The molecule has 0 fully saturated rings. The van der Waals surface area contributed by atoms with E-state index in [9.17, 15) is 27.9 Å². The number of carbonyl (C=O) groups excluding carboxylic acids is 2. The van der Waals surface area contributed by atoms with Gasteiger partial charge in [0.25, 0.3) is 5.91 Å². The number of nitrogens with zero attached hydrogens (tertiary/aromatic N) is 2. The zero-order valence-corrected chi connectivity index (χ0v) is 16.8. The van der Waals surface area contributed by atoms with E-state index in [2.05, 4.69) is 15.3 Å². The lowest BCUT2D eigenvalue weighted by Gasteiger charge is -2.29. The molecule has 0 aliphatic rings. The van der Waals surface area contributed by atoms with Crippen LogP contribution in [0.2, 0.25) is 0 Å². The first-order chi connectivity index (χ1) is 13.4. The van der Waals surface area contributed by atoms with E-state index in [1.54, 1.807) is 6.92 Å². The Kier molecular flexibility index (Phi) is 6.56. The van der Waals surface area contributed by atoms with Crippen LogP contribution in [0.5, 0.6) is 0 Å². The summed E-state index contributed by atoms with van der Waals surface area (Å²) >= 11 is 0. The number of hydrogen-bond acceptors (Lipinski definition) is 4. The predicted octanol–water partition coefficient (Wildman–Crippen LogP) is 2.78. The van der Waals surface area contributed by atoms with Gasteiger partial charge in [-0.2, -0.15) is 13.2 Å². The molecule has 0 aromatic carbocycles. The van der Waals surface area contributed by atoms with E-state index in [-0.39, 0.29) is 11.5 Å². The number of halogens is 3. The van der Waals surface area contributed by atoms with E-state index in [1.807, 2.05) is 6.92 Å². The van der Waals surface area contributed by atoms with E-state index in [4.69, 9.17) is 0 Å². The number of hydrogen-bond donors (Lipinski definition) is 3. The van der Waals surface area contributed by atoms with E-state index in [0.29, 0.717) is 29.7 Å². The number of aryl methyl sites for hydroxylation is 2. The summed E-state index contributed by atoms with van der Waals surface area (Å²) in [5.41, 5.74) is -1.55. The first kappa shape index (κ1) is 22.7. The summed E-state index contributed by atoms with van der Waals surface area (Å²) in [4.78, 5) is 31.0. The first-order valence-electron chi connectivity index (χ1n) is 9.21. The fourth-order valence-corrected chi connectivity index (χ4v) is 3.44. The van der Waals surface area contributed by atoms with Crippen molar-refractivity contribution in [2.75, 3.05) is 6.54 Å². The van der Waals surface area contributed by atoms with Crippen LogP contribution in [-0.2, 0) is 19.1 Å². The molecular formula is C19H25F3N4O3. The van der Waals surface area contributed by atoms with Crippen LogP contribution in [-0.4, -0.2) is 44.1 Å². The Morgan fingerprint density at radius 2 is 2.00 bits per heavy atom. The van der Waals surface area contributed by atoms with Crippen LogP contribution >= 0.6 is 0 Å². The fourth-order valence-electron chi connectivity index (χ4n) is 3.44. The van der Waals surface area contributed by atoms with Gasteiger partial charge in [-0.1, -0.05) is 13.3 Å². The van der Waals surface area contributed by atoms with E-state index >= 15 is 0 Å². The lowest BCUT2D eigenvalue weighted by atomic mass is 9.97. The summed E-state index contributed by atoms with van der Waals surface area (Å²) in [7, 11) is 1.35. The van der Waals surface area contributed by atoms with Gasteiger partial charge in [0, 0.05) is 43.7 Å². The molecule has 2 aromatic rings. The average molecular weight is 414 g/mol. The van der Waals surface area contributed by atoms with Crippen LogP contribution in [0.3, 0.4) is 0 Å². The summed E-state index contributed by atoms with van der Waals surface area (Å²) in [6.07, 6.45) is -2.17. The van der Waals surface area contributed by atoms with Crippen molar-refractivity contribution in [2.45, 2.75) is 51.8 Å². The van der Waals surface area contributed by atoms with Crippen LogP contribution < -0.4 is 5.32 Å². The zero-order valence-electron chi connectivity index (χ0n) is 16.8. The fraction of sp³-hybridized carbons (Fsp3) is 0.526. The number of carbonyl (C=O) groups is 2. The monoisotopic (exact) mass is 414 g/mol. The minimum atomic E-state index is -4.98. The Balaban J connectivity index is 2.22. The van der Waals surface area contributed by atoms with Crippen molar-refractivity contribution < 1.29 is 27.9 Å². The Morgan fingerprint density at radius 3 is 2.48 bits per heavy atom. The van der Waals surface area contributed by atoms with Gasteiger partial charge in [-0.25, -0.2) is 4.98 Å². The molecule has 1 atom stereocenters. The summed E-state index contributed by atoms with van der Waals surface area (Å²) in [5.74, 6) is -1.38. The molecule has 0 radical (unpaired) electrons. The van der Waals surface area contributed by atoms with Crippen molar-refractivity contribution in [2.24, 2.45) is 7.05 Å². The number of ketones is 1. The molecule has 10 heteroatoms. The largest absolute Gasteiger partial charge is 0.424 e. The molecule has 7 nitrogen and oxygen atoms in total. The highest BCUT2D eigenvalue weighted by Crippen LogP contribution is 2.40. The standard InChI is InChI=1S/C19H25F3N4O3/c1-5-6-13-14(12(3)27)11(2)25-15(13)16(28)23-8-7-18(29,19(20,21)22)17-24-9-10-26(17)4/h9-10,25,29H,5-8H2,1-4H3,(H,23,28). The maximum absolute atomic E-state index is 13.5. The quantitative estimate of drug-likeness (QED) is 0.579. The van der Waals surface area contributed by atoms with Gasteiger partial charge in [0.1, 0.15) is 11.5 Å². The van der Waals surface area contributed by atoms with Gasteiger partial charge in [-0.3, -0.25) is 9.59 Å². The van der Waals surface area contributed by atoms with Gasteiger partial charge in [0.05, 0.1) is 0 Å². The first-order valence-corrected chi connectivity index (χ1v) is 9.21. The number of nitrogens with one attached hydrogen (secondary N) is 2. The molecule has 29 heavy (non-hydrogen) atoms. The second-order valence-corrected chi connectivity index (χ2v) is 7.01. The molecule has 1 unspecified atom stereocenters. The molecule has 2 rings (SSSR count). The summed E-state index contributed by atoms with van der Waals surface area (Å²) in [5, 5.41) is 12.7. The third-order valence-electron chi connectivity index (χ3n) is 4.80. The van der Waals surface area contributed by atoms with E-state index in [1.165, 1.54) is 20.2 Å². The molecule has 0 aliphatic carbocycles. The molecule has 2 aromatic heterocycles. The highest BCUT2D eigenvalue weighted by molar-refractivity contribution is 6.02. The van der Waals surface area contributed by atoms with Crippen LogP contribution in [0.1, 0.15) is 64.6 Å². The second kappa shape index (κ2) is 8.40. The van der Waals surface area contributed by atoms with Gasteiger partial charge in [-0.05, 0) is 25.8 Å². The maximum Gasteiger partial charge on any atom is 0.424 e. The molecule has 3 N–H and O–H groups in total. The normalized spacial score (nSPS) is 13.9. The topological polar surface area (TPSA) is 100 Å². The number of Topliss-reactive ketones (excluding diaryl/α,β-unsaturated/α-hetero) is 1. The second-order valence-electron chi connectivity index (χ2n) is 7.01. The highest BCUT2D eigenvalue weighted by Gasteiger charge is 2.57. The number of aromatic nitrogens is 3. The van der Waals surface area contributed by atoms with Crippen LogP contribution in [0.25, 0.3) is 0 Å². The molecule has 2 heterocycles. The smallest absolute Gasteiger partial charge is 0.374 e. The van der Waals surface area contributed by atoms with Crippen molar-refractivity contribution in [1.82, 2.24) is 19.9 Å². The van der Waals surface area contributed by atoms with Crippen molar-refractivity contribution >= 4 is 11.7 Å². The predicted molar refractivity (Wildman–Crippen MR) is 99.6 cm³/mol. The number of amides is 1. The Labute approximate surface area is 166 Å². The SMILES string of the molecule is CCCc1c(C(=O)NCCC(O)(c2nccn2C)C(F)(F)F)[nH]c(C)c1C(C)=O. The lowest BCUT2D eigenvalue weighted by Crippen LogP contribution is -2.46. The number of alkyl halides is 3. The molecule has 0 saturated heterocycles. The number of imidazole rings is 1. The minimum Gasteiger partial charge on any atom is -0.374 e. The third-order valence-corrected chi connectivity index (χ3v) is 4.80. The molecule has 0 aliphatic heterocycles. The summed E-state index contributed by atoms with van der Waals surface area (Å²) in [6.45, 7) is 4.51. The zero-order chi connectivity index (χ0) is 22.0. The van der Waals surface area contributed by atoms with E-state index in [0.717, 1.165) is 10.8 Å². The van der Waals surface area contributed by atoms with E-state index < -0.39 is 36.5 Å². The summed E-state index contributed by atoms with van der Waals surface area (Å²) in [6, 6.07) is 0. The van der Waals surface area contributed by atoms with Gasteiger partial charge >= 0.3 is 6.18 Å².